The first-order valence-corrected chi connectivity index (χ1v) is 8.78. The molecule has 0 unspecified atom stereocenters. The maximum atomic E-state index is 12.7. The highest BCUT2D eigenvalue weighted by molar-refractivity contribution is 6.01. The number of fused-ring (bicyclic) bond motifs is 5. The highest BCUT2D eigenvalue weighted by atomic mass is 16.1. The quantitative estimate of drug-likeness (QED) is 0.687. The van der Waals surface area contributed by atoms with Gasteiger partial charge in [-0.1, -0.05) is 25.5 Å². The van der Waals surface area contributed by atoms with Gasteiger partial charge in [-0.3, -0.25) is 9.59 Å². The zero-order chi connectivity index (χ0) is 16.4. The molecule has 0 N–H and O–H groups in total. The molecule has 3 saturated carbocycles. The van der Waals surface area contributed by atoms with Crippen LogP contribution in [0.25, 0.3) is 0 Å². The molecule has 0 aromatic heterocycles. The van der Waals surface area contributed by atoms with Gasteiger partial charge < -0.3 is 0 Å². The minimum atomic E-state index is -0.406. The van der Waals surface area contributed by atoms with E-state index in [1.165, 1.54) is 5.57 Å². The average molecular weight is 309 g/mol. The van der Waals surface area contributed by atoms with Crippen molar-refractivity contribution in [1.29, 1.82) is 5.26 Å². The molecule has 0 radical (unpaired) electrons. The SMILES string of the molecule is C[C@]12C=CC(=O)C=C1CC[C@@H]1[C@@H]2CC[C@]2(C)C(=O)[C@@H](C#N)C[C@@H]12. The Balaban J connectivity index is 1.72. The smallest absolute Gasteiger partial charge is 0.178 e. The largest absolute Gasteiger partial charge is 0.298 e. The molecule has 0 heterocycles. The summed E-state index contributed by atoms with van der Waals surface area (Å²) in [4.78, 5) is 24.4. The summed E-state index contributed by atoms with van der Waals surface area (Å²) in [5, 5.41) is 9.33. The van der Waals surface area contributed by atoms with Crippen LogP contribution in [0.2, 0.25) is 0 Å². The number of ketones is 2. The molecule has 6 atom stereocenters. The van der Waals surface area contributed by atoms with E-state index >= 15 is 0 Å². The van der Waals surface area contributed by atoms with Gasteiger partial charge in [0.15, 0.2) is 11.6 Å². The Kier molecular flexibility index (Phi) is 3.01. The Hall–Kier alpha value is -1.69. The zero-order valence-corrected chi connectivity index (χ0v) is 13.8. The van der Waals surface area contributed by atoms with E-state index in [4.69, 9.17) is 0 Å². The summed E-state index contributed by atoms with van der Waals surface area (Å²) in [6, 6.07) is 2.24. The molecule has 0 saturated heterocycles. The Bertz CT molecular complexity index is 697. The molecule has 0 aliphatic heterocycles. The Morgan fingerprint density at radius 1 is 1.22 bits per heavy atom. The second-order valence-corrected chi connectivity index (χ2v) is 8.34. The average Bonchev–Trinajstić information content (AvgIpc) is 2.79. The fraction of sp³-hybridized carbons (Fsp3) is 0.650. The van der Waals surface area contributed by atoms with E-state index in [1.54, 1.807) is 6.08 Å². The standard InChI is InChI=1S/C20H23NO2/c1-19-7-5-14(22)10-13(19)3-4-15-16(19)6-8-20(2)17(15)9-12(11-21)18(20)23/h5,7,10,12,15-17H,3-4,6,8-9H2,1-2H3/t12-,15-,16+,17+,19+,20+/m1/s1. The number of hydrogen-bond donors (Lipinski definition) is 0. The first kappa shape index (κ1) is 14.9. The first-order valence-electron chi connectivity index (χ1n) is 8.78. The van der Waals surface area contributed by atoms with E-state index in [1.807, 2.05) is 6.08 Å². The summed E-state index contributed by atoms with van der Waals surface area (Å²) in [5.74, 6) is 1.22. The monoisotopic (exact) mass is 309 g/mol. The van der Waals surface area contributed by atoms with Crippen molar-refractivity contribution in [3.05, 3.63) is 23.8 Å². The lowest BCUT2D eigenvalue weighted by atomic mass is 9.48. The van der Waals surface area contributed by atoms with Gasteiger partial charge >= 0.3 is 0 Å². The van der Waals surface area contributed by atoms with Crippen molar-refractivity contribution in [2.45, 2.75) is 46.0 Å². The van der Waals surface area contributed by atoms with Crippen LogP contribution in [0.4, 0.5) is 0 Å². The van der Waals surface area contributed by atoms with Crippen LogP contribution in [0.3, 0.4) is 0 Å². The van der Waals surface area contributed by atoms with Crippen LogP contribution < -0.4 is 0 Å². The van der Waals surface area contributed by atoms with E-state index in [9.17, 15) is 14.9 Å². The molecular formula is C20H23NO2. The van der Waals surface area contributed by atoms with Crippen LogP contribution in [0.5, 0.6) is 0 Å². The molecule has 3 heteroatoms. The van der Waals surface area contributed by atoms with Gasteiger partial charge in [0, 0.05) is 10.8 Å². The zero-order valence-electron chi connectivity index (χ0n) is 13.8. The molecule has 4 aliphatic rings. The van der Waals surface area contributed by atoms with E-state index in [0.717, 1.165) is 32.1 Å². The van der Waals surface area contributed by atoms with Gasteiger partial charge in [0.2, 0.25) is 0 Å². The van der Waals surface area contributed by atoms with Crippen molar-refractivity contribution < 1.29 is 9.59 Å². The lowest BCUT2D eigenvalue weighted by molar-refractivity contribution is -0.132. The van der Waals surface area contributed by atoms with Crippen molar-refractivity contribution in [1.82, 2.24) is 0 Å². The van der Waals surface area contributed by atoms with Gasteiger partial charge in [-0.25, -0.2) is 0 Å². The molecule has 0 aromatic carbocycles. The fourth-order valence-electron chi connectivity index (χ4n) is 6.13. The number of carbonyl (C=O) groups excluding carboxylic acids is 2. The summed E-state index contributed by atoms with van der Waals surface area (Å²) in [5.41, 5.74) is 0.940. The Morgan fingerprint density at radius 2 is 2.00 bits per heavy atom. The third-order valence-electron chi connectivity index (χ3n) is 7.47. The van der Waals surface area contributed by atoms with Crippen LogP contribution in [0, 0.1) is 45.8 Å². The van der Waals surface area contributed by atoms with E-state index in [0.29, 0.717) is 17.8 Å². The number of allylic oxidation sites excluding steroid dienone is 4. The molecule has 4 rings (SSSR count). The molecule has 0 aromatic rings. The van der Waals surface area contributed by atoms with Crippen molar-refractivity contribution >= 4 is 11.6 Å². The van der Waals surface area contributed by atoms with Crippen molar-refractivity contribution in [2.75, 3.05) is 0 Å². The molecule has 0 amide bonds. The van der Waals surface area contributed by atoms with Gasteiger partial charge in [0.05, 0.1) is 6.07 Å². The van der Waals surface area contributed by atoms with Crippen molar-refractivity contribution in [2.24, 2.45) is 34.5 Å². The minimum absolute atomic E-state index is 0.0358. The summed E-state index contributed by atoms with van der Waals surface area (Å²) in [6.45, 7) is 4.36. The second-order valence-electron chi connectivity index (χ2n) is 8.34. The lowest BCUT2D eigenvalue weighted by Gasteiger charge is -2.55. The normalized spacial score (nSPS) is 48.1. The molecular weight excluding hydrogens is 286 g/mol. The first-order chi connectivity index (χ1) is 10.9. The minimum Gasteiger partial charge on any atom is -0.298 e. The van der Waals surface area contributed by atoms with Gasteiger partial charge in [-0.2, -0.15) is 5.26 Å². The molecule has 0 spiro atoms. The number of rotatable bonds is 0. The molecule has 3 fully saturated rings. The topological polar surface area (TPSA) is 57.9 Å². The van der Waals surface area contributed by atoms with Crippen molar-refractivity contribution in [3.8, 4) is 6.07 Å². The number of Topliss-reactive ketones (excluding diaryl/α,β-unsaturated/α-hetero) is 1. The number of nitriles is 1. The molecule has 4 aliphatic carbocycles. The van der Waals surface area contributed by atoms with Crippen LogP contribution in [-0.2, 0) is 9.59 Å². The summed E-state index contributed by atoms with van der Waals surface area (Å²) in [6.07, 6.45) is 10.3. The van der Waals surface area contributed by atoms with Crippen LogP contribution in [0.15, 0.2) is 23.8 Å². The number of hydrogen-bond acceptors (Lipinski definition) is 3. The Morgan fingerprint density at radius 3 is 2.74 bits per heavy atom. The third kappa shape index (κ3) is 1.81. The predicted molar refractivity (Wildman–Crippen MR) is 86.1 cm³/mol. The summed E-state index contributed by atoms with van der Waals surface area (Å²) < 4.78 is 0. The molecule has 3 nitrogen and oxygen atoms in total. The van der Waals surface area contributed by atoms with E-state index in [-0.39, 0.29) is 22.4 Å². The number of nitrogens with zero attached hydrogens (tertiary/aromatic N) is 1. The van der Waals surface area contributed by atoms with Gasteiger partial charge in [-0.05, 0) is 62.0 Å². The Labute approximate surface area is 137 Å². The fourth-order valence-corrected chi connectivity index (χ4v) is 6.13. The summed E-state index contributed by atoms with van der Waals surface area (Å²) in [7, 11) is 0. The molecule has 120 valence electrons. The second kappa shape index (κ2) is 4.66. The highest BCUT2D eigenvalue weighted by Gasteiger charge is 2.61. The van der Waals surface area contributed by atoms with E-state index in [2.05, 4.69) is 26.0 Å². The number of carbonyl (C=O) groups is 2. The van der Waals surface area contributed by atoms with Crippen LogP contribution >= 0.6 is 0 Å². The van der Waals surface area contributed by atoms with E-state index < -0.39 is 5.92 Å². The van der Waals surface area contributed by atoms with Gasteiger partial charge in [0.25, 0.3) is 0 Å². The van der Waals surface area contributed by atoms with Crippen LogP contribution in [-0.4, -0.2) is 11.6 Å². The third-order valence-corrected chi connectivity index (χ3v) is 7.47. The maximum absolute atomic E-state index is 12.7. The van der Waals surface area contributed by atoms with Crippen molar-refractivity contribution in [3.63, 3.8) is 0 Å². The van der Waals surface area contributed by atoms with Crippen LogP contribution in [0.1, 0.15) is 46.0 Å². The molecule has 23 heavy (non-hydrogen) atoms. The van der Waals surface area contributed by atoms with Gasteiger partial charge in [0.1, 0.15) is 5.92 Å². The van der Waals surface area contributed by atoms with Gasteiger partial charge in [-0.15, -0.1) is 0 Å². The predicted octanol–water partition coefficient (Wildman–Crippen LogP) is 3.61. The molecule has 0 bridgehead atoms. The highest BCUT2D eigenvalue weighted by Crippen LogP contribution is 2.64. The maximum Gasteiger partial charge on any atom is 0.178 e. The lowest BCUT2D eigenvalue weighted by Crippen LogP contribution is -2.49. The summed E-state index contributed by atoms with van der Waals surface area (Å²) >= 11 is 0.